The molecule has 0 saturated carbocycles. The van der Waals surface area contributed by atoms with Gasteiger partial charge in [0, 0.05) is 19.3 Å². The molecule has 6 nitrogen and oxygen atoms in total. The molecule has 0 rings (SSSR count). The van der Waals surface area contributed by atoms with Gasteiger partial charge in [0.05, 0.1) is 0 Å². The molecular formula is C54H96O6. The summed E-state index contributed by atoms with van der Waals surface area (Å²) in [6.07, 6.45) is 58.0. The number of allylic oxidation sites excluding steroid dienone is 8. The lowest BCUT2D eigenvalue weighted by molar-refractivity contribution is -0.167. The Morgan fingerprint density at radius 2 is 0.650 bits per heavy atom. The fourth-order valence-corrected chi connectivity index (χ4v) is 7.34. The van der Waals surface area contributed by atoms with E-state index in [1.807, 2.05) is 18.2 Å². The van der Waals surface area contributed by atoms with Crippen molar-refractivity contribution < 1.29 is 28.6 Å². The van der Waals surface area contributed by atoms with Crippen LogP contribution in [0.3, 0.4) is 0 Å². The maximum Gasteiger partial charge on any atom is 0.306 e. The monoisotopic (exact) mass is 841 g/mol. The standard InChI is InChI=1S/C54H96O6/c1-4-7-10-13-16-19-22-25-27-29-32-35-38-41-44-47-53(56)59-50-51(49-58-52(55)46-43-40-37-34-31-24-21-18-15-12-9-6-3)60-54(57)48-45-42-39-36-33-30-28-26-23-20-17-14-11-8-5-2/h7,10,13,16,19,22,25,27,51H,4-6,8-9,11-12,14-15,17-18,20-21,23-24,26,28-50H2,1-3H3/b10-7-,16-13-,22-19-,27-25-. The zero-order chi connectivity index (χ0) is 43.7. The third-order valence-corrected chi connectivity index (χ3v) is 11.2. The smallest absolute Gasteiger partial charge is 0.306 e. The first-order valence-electron chi connectivity index (χ1n) is 25.7. The minimum absolute atomic E-state index is 0.0772. The molecule has 0 bridgehead atoms. The Morgan fingerprint density at radius 3 is 1.02 bits per heavy atom. The average Bonchev–Trinajstić information content (AvgIpc) is 3.24. The highest BCUT2D eigenvalue weighted by Crippen LogP contribution is 2.16. The first kappa shape index (κ1) is 57.4. The Balaban J connectivity index is 4.39. The lowest BCUT2D eigenvalue weighted by atomic mass is 10.0. The first-order valence-corrected chi connectivity index (χ1v) is 25.7. The second-order valence-corrected chi connectivity index (χ2v) is 17.2. The van der Waals surface area contributed by atoms with Gasteiger partial charge < -0.3 is 14.2 Å². The van der Waals surface area contributed by atoms with E-state index in [1.165, 1.54) is 135 Å². The summed E-state index contributed by atoms with van der Waals surface area (Å²) in [4.78, 5) is 37.9. The molecule has 6 heteroatoms. The van der Waals surface area contributed by atoms with Crippen LogP contribution in [-0.2, 0) is 28.6 Å². The highest BCUT2D eigenvalue weighted by Gasteiger charge is 2.19. The Bertz CT molecular complexity index is 1060. The van der Waals surface area contributed by atoms with Gasteiger partial charge in [0.15, 0.2) is 6.10 Å². The Kier molecular flexibility index (Phi) is 46.9. The molecule has 0 fully saturated rings. The van der Waals surface area contributed by atoms with Gasteiger partial charge in [-0.3, -0.25) is 14.4 Å². The average molecular weight is 841 g/mol. The topological polar surface area (TPSA) is 78.9 Å². The maximum atomic E-state index is 12.8. The number of rotatable bonds is 46. The molecule has 0 amide bonds. The minimum Gasteiger partial charge on any atom is -0.462 e. The molecule has 0 aliphatic rings. The Morgan fingerprint density at radius 1 is 0.350 bits per heavy atom. The Hall–Kier alpha value is -2.63. The van der Waals surface area contributed by atoms with E-state index < -0.39 is 6.10 Å². The van der Waals surface area contributed by atoms with Crippen LogP contribution in [0.2, 0.25) is 0 Å². The zero-order valence-corrected chi connectivity index (χ0v) is 39.7. The fourth-order valence-electron chi connectivity index (χ4n) is 7.34. The normalized spacial score (nSPS) is 12.4. The van der Waals surface area contributed by atoms with Gasteiger partial charge in [-0.05, 0) is 38.5 Å². The van der Waals surface area contributed by atoms with Crippen molar-refractivity contribution in [1.29, 1.82) is 0 Å². The van der Waals surface area contributed by atoms with Crippen molar-refractivity contribution in [2.75, 3.05) is 13.2 Å². The van der Waals surface area contributed by atoms with E-state index in [4.69, 9.17) is 14.2 Å². The van der Waals surface area contributed by atoms with Gasteiger partial charge in [-0.15, -0.1) is 0 Å². The highest BCUT2D eigenvalue weighted by atomic mass is 16.6. The molecule has 1 unspecified atom stereocenters. The molecule has 1 atom stereocenters. The van der Waals surface area contributed by atoms with E-state index in [-0.39, 0.29) is 31.1 Å². The fraction of sp³-hybridized carbons (Fsp3) is 0.796. The first-order chi connectivity index (χ1) is 29.5. The minimum atomic E-state index is -0.777. The third kappa shape index (κ3) is 46.4. The predicted molar refractivity (Wildman–Crippen MR) is 256 cm³/mol. The van der Waals surface area contributed by atoms with Crippen molar-refractivity contribution in [3.63, 3.8) is 0 Å². The second kappa shape index (κ2) is 49.0. The summed E-state index contributed by atoms with van der Waals surface area (Å²) in [6, 6.07) is 0. The quantitative estimate of drug-likeness (QED) is 0.0263. The van der Waals surface area contributed by atoms with Gasteiger partial charge in [0.25, 0.3) is 0 Å². The number of carbonyl (C=O) groups excluding carboxylic acids is 3. The van der Waals surface area contributed by atoms with Gasteiger partial charge in [0.1, 0.15) is 13.2 Å². The molecule has 60 heavy (non-hydrogen) atoms. The molecule has 0 spiro atoms. The van der Waals surface area contributed by atoms with Crippen LogP contribution in [0.15, 0.2) is 48.6 Å². The lowest BCUT2D eigenvalue weighted by Gasteiger charge is -2.18. The van der Waals surface area contributed by atoms with Gasteiger partial charge in [-0.2, -0.15) is 0 Å². The molecule has 0 aliphatic carbocycles. The molecule has 0 aromatic heterocycles. The van der Waals surface area contributed by atoms with Gasteiger partial charge in [-0.25, -0.2) is 0 Å². The lowest BCUT2D eigenvalue weighted by Crippen LogP contribution is -2.30. The SMILES string of the molecule is CC\C=C/C=C\C=C/C=C\CCCCCCCC(=O)OCC(COC(=O)CCCCCCCCCCCCCC)OC(=O)CCCCCCCCCCCCCCCCC. The van der Waals surface area contributed by atoms with Crippen molar-refractivity contribution in [3.8, 4) is 0 Å². The Labute approximate surface area is 371 Å². The van der Waals surface area contributed by atoms with Gasteiger partial charge >= 0.3 is 17.9 Å². The number of esters is 3. The van der Waals surface area contributed by atoms with Crippen LogP contribution >= 0.6 is 0 Å². The van der Waals surface area contributed by atoms with Crippen LogP contribution in [0.5, 0.6) is 0 Å². The van der Waals surface area contributed by atoms with E-state index in [1.54, 1.807) is 0 Å². The van der Waals surface area contributed by atoms with Crippen LogP contribution in [0, 0.1) is 0 Å². The third-order valence-electron chi connectivity index (χ3n) is 11.2. The van der Waals surface area contributed by atoms with Crippen LogP contribution in [0.1, 0.15) is 258 Å². The van der Waals surface area contributed by atoms with Crippen molar-refractivity contribution in [1.82, 2.24) is 0 Å². The summed E-state index contributed by atoms with van der Waals surface area (Å²) in [5.41, 5.74) is 0. The molecule has 0 heterocycles. The predicted octanol–water partition coefficient (Wildman–Crippen LogP) is 16.7. The molecule has 0 radical (unpaired) electrons. The van der Waals surface area contributed by atoms with E-state index in [0.717, 1.165) is 83.5 Å². The summed E-state index contributed by atoms with van der Waals surface area (Å²) in [5, 5.41) is 0. The van der Waals surface area contributed by atoms with Gasteiger partial charge in [0.2, 0.25) is 0 Å². The molecule has 0 aliphatic heterocycles. The molecule has 348 valence electrons. The van der Waals surface area contributed by atoms with Crippen LogP contribution in [0.25, 0.3) is 0 Å². The largest absolute Gasteiger partial charge is 0.462 e. The number of unbranched alkanes of at least 4 members (excludes halogenated alkanes) is 30. The van der Waals surface area contributed by atoms with Crippen molar-refractivity contribution in [3.05, 3.63) is 48.6 Å². The van der Waals surface area contributed by atoms with E-state index in [9.17, 15) is 14.4 Å². The molecule has 0 aromatic rings. The van der Waals surface area contributed by atoms with E-state index >= 15 is 0 Å². The molecule has 0 aromatic carbocycles. The van der Waals surface area contributed by atoms with E-state index in [2.05, 4.69) is 51.2 Å². The highest BCUT2D eigenvalue weighted by molar-refractivity contribution is 5.71. The van der Waals surface area contributed by atoms with Crippen LogP contribution in [-0.4, -0.2) is 37.2 Å². The molecule has 0 N–H and O–H groups in total. The summed E-state index contributed by atoms with van der Waals surface area (Å²) in [6.45, 7) is 6.50. The molecule has 0 saturated heterocycles. The maximum absolute atomic E-state index is 12.8. The molecular weight excluding hydrogens is 745 g/mol. The van der Waals surface area contributed by atoms with Crippen molar-refractivity contribution in [2.45, 2.75) is 264 Å². The number of ether oxygens (including phenoxy) is 3. The van der Waals surface area contributed by atoms with Crippen LogP contribution < -0.4 is 0 Å². The van der Waals surface area contributed by atoms with Crippen molar-refractivity contribution in [2.24, 2.45) is 0 Å². The number of hydrogen-bond acceptors (Lipinski definition) is 6. The van der Waals surface area contributed by atoms with Gasteiger partial charge in [-0.1, -0.05) is 249 Å². The summed E-state index contributed by atoms with van der Waals surface area (Å²) >= 11 is 0. The summed E-state index contributed by atoms with van der Waals surface area (Å²) < 4.78 is 16.8. The second-order valence-electron chi connectivity index (χ2n) is 17.2. The van der Waals surface area contributed by atoms with Crippen molar-refractivity contribution >= 4 is 17.9 Å². The zero-order valence-electron chi connectivity index (χ0n) is 39.7. The number of carbonyl (C=O) groups is 3. The summed E-state index contributed by atoms with van der Waals surface area (Å²) in [5.74, 6) is -0.892. The van der Waals surface area contributed by atoms with E-state index in [0.29, 0.717) is 19.3 Å². The number of hydrogen-bond donors (Lipinski definition) is 0. The van der Waals surface area contributed by atoms with Crippen LogP contribution in [0.4, 0.5) is 0 Å². The summed E-state index contributed by atoms with van der Waals surface area (Å²) in [7, 11) is 0.